The van der Waals surface area contributed by atoms with Gasteiger partial charge in [-0.3, -0.25) is 0 Å². The molecule has 0 amide bonds. The Morgan fingerprint density at radius 2 is 1.85 bits per heavy atom. The third-order valence-electron chi connectivity index (χ3n) is 4.45. The van der Waals surface area contributed by atoms with Crippen LogP contribution in [-0.4, -0.2) is 23.1 Å². The fraction of sp³-hybridized carbons (Fsp3) is 0.750. The van der Waals surface area contributed by atoms with Crippen molar-refractivity contribution in [3.63, 3.8) is 0 Å². The van der Waals surface area contributed by atoms with Crippen LogP contribution in [0.25, 0.3) is 0 Å². The minimum Gasteiger partial charge on any atom is -0.356 e. The smallest absolute Gasteiger partial charge is 0.137 e. The molecular weight excluding hydrogens is 270 g/mol. The summed E-state index contributed by atoms with van der Waals surface area (Å²) in [5, 5.41) is 0.606. The van der Waals surface area contributed by atoms with Gasteiger partial charge in [-0.1, -0.05) is 25.4 Å². The van der Waals surface area contributed by atoms with Gasteiger partial charge in [0.1, 0.15) is 16.8 Å². The molecule has 1 saturated carbocycles. The van der Waals surface area contributed by atoms with Crippen LogP contribution >= 0.6 is 11.6 Å². The standard InChI is InChI=1S/C16H26ClN3/c1-5-6-14-18-15(17)12(3)16(19-14)20(4)13-9-7-11(2)8-10-13/h11,13H,5-10H2,1-4H3. The lowest BCUT2D eigenvalue weighted by atomic mass is 9.86. The Kier molecular flexibility index (Phi) is 5.25. The Hall–Kier alpha value is -0.830. The van der Waals surface area contributed by atoms with E-state index >= 15 is 0 Å². The summed E-state index contributed by atoms with van der Waals surface area (Å²) in [6, 6.07) is 0.588. The van der Waals surface area contributed by atoms with Crippen LogP contribution in [0.5, 0.6) is 0 Å². The average molecular weight is 296 g/mol. The van der Waals surface area contributed by atoms with Crippen molar-refractivity contribution >= 4 is 17.4 Å². The molecule has 0 radical (unpaired) electrons. The number of aromatic nitrogens is 2. The quantitative estimate of drug-likeness (QED) is 0.771. The van der Waals surface area contributed by atoms with E-state index in [9.17, 15) is 0 Å². The van der Waals surface area contributed by atoms with Crippen molar-refractivity contribution in [1.82, 2.24) is 9.97 Å². The monoisotopic (exact) mass is 295 g/mol. The zero-order valence-corrected chi connectivity index (χ0v) is 13.9. The van der Waals surface area contributed by atoms with Gasteiger partial charge in [0.2, 0.25) is 0 Å². The molecule has 1 heterocycles. The summed E-state index contributed by atoms with van der Waals surface area (Å²) < 4.78 is 0. The first-order valence-electron chi connectivity index (χ1n) is 7.78. The van der Waals surface area contributed by atoms with Gasteiger partial charge in [0.25, 0.3) is 0 Å². The van der Waals surface area contributed by atoms with E-state index in [1.54, 1.807) is 0 Å². The summed E-state index contributed by atoms with van der Waals surface area (Å²) in [7, 11) is 2.15. The molecule has 3 nitrogen and oxygen atoms in total. The zero-order chi connectivity index (χ0) is 14.7. The molecule has 0 N–H and O–H groups in total. The molecule has 0 spiro atoms. The van der Waals surface area contributed by atoms with Crippen molar-refractivity contribution in [2.45, 2.75) is 65.3 Å². The first-order valence-corrected chi connectivity index (χ1v) is 8.16. The number of hydrogen-bond donors (Lipinski definition) is 0. The molecule has 112 valence electrons. The first-order chi connectivity index (χ1) is 9.52. The van der Waals surface area contributed by atoms with Crippen molar-refractivity contribution in [3.05, 3.63) is 16.5 Å². The number of hydrogen-bond acceptors (Lipinski definition) is 3. The maximum atomic E-state index is 6.28. The lowest BCUT2D eigenvalue weighted by molar-refractivity contribution is 0.339. The van der Waals surface area contributed by atoms with Gasteiger partial charge in [0.15, 0.2) is 0 Å². The van der Waals surface area contributed by atoms with Crippen LogP contribution in [0.4, 0.5) is 5.82 Å². The minimum atomic E-state index is 0.588. The van der Waals surface area contributed by atoms with Gasteiger partial charge in [-0.2, -0.15) is 0 Å². The summed E-state index contributed by atoms with van der Waals surface area (Å²) in [4.78, 5) is 11.5. The van der Waals surface area contributed by atoms with E-state index < -0.39 is 0 Å². The largest absolute Gasteiger partial charge is 0.356 e. The molecule has 0 aromatic carbocycles. The summed E-state index contributed by atoms with van der Waals surface area (Å²) in [6.07, 6.45) is 7.07. The van der Waals surface area contributed by atoms with Crippen LogP contribution in [-0.2, 0) is 6.42 Å². The Morgan fingerprint density at radius 1 is 1.20 bits per heavy atom. The lowest BCUT2D eigenvalue weighted by Crippen LogP contribution is -2.36. The lowest BCUT2D eigenvalue weighted by Gasteiger charge is -2.35. The molecule has 4 heteroatoms. The zero-order valence-electron chi connectivity index (χ0n) is 13.1. The molecule has 1 aliphatic rings. The van der Waals surface area contributed by atoms with Crippen LogP contribution in [0.2, 0.25) is 5.15 Å². The number of nitrogens with zero attached hydrogens (tertiary/aromatic N) is 3. The molecule has 0 atom stereocenters. The third kappa shape index (κ3) is 3.43. The van der Waals surface area contributed by atoms with Gasteiger partial charge in [-0.05, 0) is 44.9 Å². The van der Waals surface area contributed by atoms with Gasteiger partial charge in [0.05, 0.1) is 0 Å². The van der Waals surface area contributed by atoms with E-state index in [-0.39, 0.29) is 0 Å². The summed E-state index contributed by atoms with van der Waals surface area (Å²) in [6.45, 7) is 6.51. The summed E-state index contributed by atoms with van der Waals surface area (Å²) in [5.41, 5.74) is 1.01. The number of aryl methyl sites for hydroxylation is 1. The molecular formula is C16H26ClN3. The Balaban J connectivity index is 2.21. The molecule has 0 saturated heterocycles. The van der Waals surface area contributed by atoms with Crippen LogP contribution in [0.1, 0.15) is 57.3 Å². The number of rotatable bonds is 4. The van der Waals surface area contributed by atoms with E-state index in [1.165, 1.54) is 25.7 Å². The molecule has 0 aliphatic heterocycles. The maximum absolute atomic E-state index is 6.28. The Morgan fingerprint density at radius 3 is 2.45 bits per heavy atom. The van der Waals surface area contributed by atoms with Gasteiger partial charge >= 0.3 is 0 Å². The predicted octanol–water partition coefficient (Wildman–Crippen LogP) is 4.41. The Labute approximate surface area is 127 Å². The van der Waals surface area contributed by atoms with Crippen LogP contribution < -0.4 is 4.90 Å². The molecule has 0 bridgehead atoms. The third-order valence-corrected chi connectivity index (χ3v) is 4.82. The highest BCUT2D eigenvalue weighted by Gasteiger charge is 2.24. The second-order valence-corrected chi connectivity index (χ2v) is 6.51. The highest BCUT2D eigenvalue weighted by atomic mass is 35.5. The summed E-state index contributed by atoms with van der Waals surface area (Å²) >= 11 is 6.28. The number of anilines is 1. The van der Waals surface area contributed by atoms with E-state index in [1.807, 2.05) is 6.92 Å². The van der Waals surface area contributed by atoms with Gasteiger partial charge in [-0.15, -0.1) is 0 Å². The second-order valence-electron chi connectivity index (χ2n) is 6.15. The fourth-order valence-corrected chi connectivity index (χ4v) is 3.18. The molecule has 1 aliphatic carbocycles. The van der Waals surface area contributed by atoms with Crippen molar-refractivity contribution in [2.75, 3.05) is 11.9 Å². The van der Waals surface area contributed by atoms with Gasteiger partial charge in [-0.25, -0.2) is 9.97 Å². The van der Waals surface area contributed by atoms with Crippen molar-refractivity contribution in [1.29, 1.82) is 0 Å². The fourth-order valence-electron chi connectivity index (χ4n) is 3.00. The van der Waals surface area contributed by atoms with E-state index in [4.69, 9.17) is 16.6 Å². The molecule has 1 aromatic heterocycles. The first kappa shape index (κ1) is 15.6. The number of halogens is 1. The second kappa shape index (κ2) is 6.75. The molecule has 1 aromatic rings. The predicted molar refractivity (Wildman–Crippen MR) is 85.6 cm³/mol. The molecule has 0 unspecified atom stereocenters. The summed E-state index contributed by atoms with van der Waals surface area (Å²) in [5.74, 6) is 2.76. The highest BCUT2D eigenvalue weighted by molar-refractivity contribution is 6.30. The van der Waals surface area contributed by atoms with E-state index in [2.05, 4.69) is 30.8 Å². The molecule has 20 heavy (non-hydrogen) atoms. The normalized spacial score (nSPS) is 22.9. The van der Waals surface area contributed by atoms with Gasteiger partial charge in [0, 0.05) is 25.1 Å². The average Bonchev–Trinajstić information content (AvgIpc) is 2.43. The van der Waals surface area contributed by atoms with Crippen LogP contribution in [0, 0.1) is 12.8 Å². The van der Waals surface area contributed by atoms with Crippen molar-refractivity contribution in [3.8, 4) is 0 Å². The molecule has 2 rings (SSSR count). The Bertz CT molecular complexity index is 453. The van der Waals surface area contributed by atoms with Crippen molar-refractivity contribution < 1.29 is 0 Å². The maximum Gasteiger partial charge on any atom is 0.137 e. The van der Waals surface area contributed by atoms with Crippen molar-refractivity contribution in [2.24, 2.45) is 5.92 Å². The minimum absolute atomic E-state index is 0.588. The topological polar surface area (TPSA) is 29.0 Å². The van der Waals surface area contributed by atoms with Crippen LogP contribution in [0.15, 0.2) is 0 Å². The van der Waals surface area contributed by atoms with Gasteiger partial charge < -0.3 is 4.90 Å². The van der Waals surface area contributed by atoms with Crippen LogP contribution in [0.3, 0.4) is 0 Å². The molecule has 1 fully saturated rings. The van der Waals surface area contributed by atoms with E-state index in [0.717, 1.165) is 36.0 Å². The highest BCUT2D eigenvalue weighted by Crippen LogP contribution is 2.31. The SMILES string of the molecule is CCCc1nc(Cl)c(C)c(N(C)C2CCC(C)CC2)n1. The van der Waals surface area contributed by atoms with E-state index in [0.29, 0.717) is 11.2 Å².